The largest absolute Gasteiger partial charge is 0.481 e. The SMILES string of the molecule is O=C(O)CCCCCCN1C(=O)CC[C@@H]1C=C[C@@H](O)CCC#Cc1ccccc1. The highest BCUT2D eigenvalue weighted by molar-refractivity contribution is 5.79. The van der Waals surface area contributed by atoms with Crippen LogP contribution in [0.15, 0.2) is 42.5 Å². The van der Waals surface area contributed by atoms with Gasteiger partial charge in [0.1, 0.15) is 0 Å². The summed E-state index contributed by atoms with van der Waals surface area (Å²) in [6.45, 7) is 0.694. The van der Waals surface area contributed by atoms with Crippen molar-refractivity contribution in [1.82, 2.24) is 4.90 Å². The lowest BCUT2D eigenvalue weighted by molar-refractivity contribution is -0.137. The summed E-state index contributed by atoms with van der Waals surface area (Å²) < 4.78 is 0. The zero-order valence-corrected chi connectivity index (χ0v) is 16.9. The van der Waals surface area contributed by atoms with Crippen LogP contribution in [0.3, 0.4) is 0 Å². The van der Waals surface area contributed by atoms with Crippen molar-refractivity contribution in [3.8, 4) is 11.8 Å². The molecule has 0 unspecified atom stereocenters. The van der Waals surface area contributed by atoms with Gasteiger partial charge in [0, 0.05) is 31.4 Å². The lowest BCUT2D eigenvalue weighted by Gasteiger charge is -2.22. The van der Waals surface area contributed by atoms with Gasteiger partial charge in [0.05, 0.1) is 12.1 Å². The van der Waals surface area contributed by atoms with Gasteiger partial charge in [0.25, 0.3) is 0 Å². The lowest BCUT2D eigenvalue weighted by atomic mass is 10.1. The molecule has 1 aromatic rings. The van der Waals surface area contributed by atoms with E-state index in [1.54, 1.807) is 6.08 Å². The van der Waals surface area contributed by atoms with Crippen molar-refractivity contribution < 1.29 is 19.8 Å². The van der Waals surface area contributed by atoms with Gasteiger partial charge in [0.15, 0.2) is 0 Å². The van der Waals surface area contributed by atoms with Gasteiger partial charge in [-0.15, -0.1) is 0 Å². The fraction of sp³-hybridized carbons (Fsp3) is 0.500. The minimum Gasteiger partial charge on any atom is -0.481 e. The van der Waals surface area contributed by atoms with Gasteiger partial charge in [-0.05, 0) is 37.8 Å². The highest BCUT2D eigenvalue weighted by Crippen LogP contribution is 2.21. The number of benzene rings is 1. The Labute approximate surface area is 173 Å². The van der Waals surface area contributed by atoms with Gasteiger partial charge >= 0.3 is 5.97 Å². The van der Waals surface area contributed by atoms with Crippen LogP contribution in [-0.2, 0) is 9.59 Å². The molecule has 0 aromatic heterocycles. The van der Waals surface area contributed by atoms with Gasteiger partial charge < -0.3 is 15.1 Å². The van der Waals surface area contributed by atoms with E-state index < -0.39 is 12.1 Å². The number of carbonyl (C=O) groups excluding carboxylic acids is 1. The molecule has 1 aromatic carbocycles. The van der Waals surface area contributed by atoms with Crippen molar-refractivity contribution in [1.29, 1.82) is 0 Å². The van der Waals surface area contributed by atoms with Gasteiger partial charge in [-0.1, -0.05) is 55.0 Å². The van der Waals surface area contributed by atoms with Crippen molar-refractivity contribution in [3.05, 3.63) is 48.0 Å². The third kappa shape index (κ3) is 8.97. The Hall–Kier alpha value is -2.58. The van der Waals surface area contributed by atoms with Crippen molar-refractivity contribution in [3.63, 3.8) is 0 Å². The zero-order valence-electron chi connectivity index (χ0n) is 16.9. The van der Waals surface area contributed by atoms with Crippen molar-refractivity contribution in [2.75, 3.05) is 6.54 Å². The number of amides is 1. The maximum absolute atomic E-state index is 12.1. The van der Waals surface area contributed by atoms with Gasteiger partial charge in [-0.2, -0.15) is 0 Å². The molecule has 0 bridgehead atoms. The van der Waals surface area contributed by atoms with Crippen LogP contribution in [0.4, 0.5) is 0 Å². The number of carbonyl (C=O) groups is 2. The Morgan fingerprint density at radius 2 is 1.97 bits per heavy atom. The molecule has 5 heteroatoms. The number of aliphatic hydroxyl groups is 1. The number of aliphatic hydroxyl groups excluding tert-OH is 1. The first-order chi connectivity index (χ1) is 14.1. The zero-order chi connectivity index (χ0) is 20.9. The molecule has 1 saturated heterocycles. The summed E-state index contributed by atoms with van der Waals surface area (Å²) >= 11 is 0. The van der Waals surface area contributed by atoms with E-state index in [-0.39, 0.29) is 18.4 Å². The second-order valence-electron chi connectivity index (χ2n) is 7.41. The maximum atomic E-state index is 12.1. The summed E-state index contributed by atoms with van der Waals surface area (Å²) in [4.78, 5) is 24.5. The summed E-state index contributed by atoms with van der Waals surface area (Å²) in [5, 5.41) is 18.8. The first kappa shape index (κ1) is 22.7. The predicted molar refractivity (Wildman–Crippen MR) is 113 cm³/mol. The highest BCUT2D eigenvalue weighted by Gasteiger charge is 2.28. The smallest absolute Gasteiger partial charge is 0.303 e. The molecule has 2 rings (SSSR count). The van der Waals surface area contributed by atoms with E-state index in [4.69, 9.17) is 5.11 Å². The third-order valence-corrected chi connectivity index (χ3v) is 5.04. The van der Waals surface area contributed by atoms with E-state index in [9.17, 15) is 14.7 Å². The third-order valence-electron chi connectivity index (χ3n) is 5.04. The molecule has 2 atom stereocenters. The molecule has 5 nitrogen and oxygen atoms in total. The normalized spacial score (nSPS) is 17.3. The molecule has 0 spiro atoms. The van der Waals surface area contributed by atoms with Crippen LogP contribution in [0.5, 0.6) is 0 Å². The molecule has 1 aliphatic rings. The molecule has 1 amide bonds. The molecular formula is C24H31NO4. The van der Waals surface area contributed by atoms with Crippen molar-refractivity contribution in [2.45, 2.75) is 69.9 Å². The van der Waals surface area contributed by atoms with Crippen LogP contribution >= 0.6 is 0 Å². The van der Waals surface area contributed by atoms with Crippen LogP contribution in [-0.4, -0.2) is 45.7 Å². The van der Waals surface area contributed by atoms with Gasteiger partial charge in [0.2, 0.25) is 5.91 Å². The molecule has 1 heterocycles. The highest BCUT2D eigenvalue weighted by atomic mass is 16.4. The van der Waals surface area contributed by atoms with Crippen LogP contribution in [0.2, 0.25) is 0 Å². The summed E-state index contributed by atoms with van der Waals surface area (Å²) in [7, 11) is 0. The predicted octanol–water partition coefficient (Wildman–Crippen LogP) is 3.76. The number of unbranched alkanes of at least 4 members (excludes halogenated alkanes) is 3. The number of aliphatic carboxylic acids is 1. The van der Waals surface area contributed by atoms with Gasteiger partial charge in [-0.25, -0.2) is 0 Å². The number of carboxylic acids is 1. The minimum absolute atomic E-state index is 0.0478. The quantitative estimate of drug-likeness (QED) is 0.339. The molecular weight excluding hydrogens is 366 g/mol. The van der Waals surface area contributed by atoms with E-state index >= 15 is 0 Å². The van der Waals surface area contributed by atoms with Crippen LogP contribution in [0.25, 0.3) is 0 Å². The average molecular weight is 398 g/mol. The first-order valence-electron chi connectivity index (χ1n) is 10.5. The van der Waals surface area contributed by atoms with Crippen molar-refractivity contribution in [2.24, 2.45) is 0 Å². The fourth-order valence-corrected chi connectivity index (χ4v) is 3.42. The number of rotatable bonds is 11. The van der Waals surface area contributed by atoms with Crippen molar-refractivity contribution >= 4 is 11.9 Å². The number of hydrogen-bond acceptors (Lipinski definition) is 3. The molecule has 0 saturated carbocycles. The van der Waals surface area contributed by atoms with E-state index in [1.165, 1.54) is 0 Å². The number of likely N-dealkylation sites (tertiary alicyclic amines) is 1. The van der Waals surface area contributed by atoms with E-state index in [0.717, 1.165) is 31.2 Å². The van der Waals surface area contributed by atoms with Crippen LogP contribution in [0.1, 0.15) is 63.4 Å². The number of hydrogen-bond donors (Lipinski definition) is 2. The Morgan fingerprint density at radius 1 is 1.21 bits per heavy atom. The second-order valence-corrected chi connectivity index (χ2v) is 7.41. The summed E-state index contributed by atoms with van der Waals surface area (Å²) in [5.74, 6) is 5.57. The molecule has 0 aliphatic carbocycles. The Morgan fingerprint density at radius 3 is 2.72 bits per heavy atom. The van der Waals surface area contributed by atoms with E-state index in [1.807, 2.05) is 41.3 Å². The Bertz CT molecular complexity index is 732. The van der Waals surface area contributed by atoms with E-state index in [2.05, 4.69) is 11.8 Å². The molecule has 2 N–H and O–H groups in total. The Balaban J connectivity index is 1.69. The van der Waals surface area contributed by atoms with Crippen LogP contribution < -0.4 is 0 Å². The second kappa shape index (κ2) is 12.8. The molecule has 1 fully saturated rings. The monoisotopic (exact) mass is 397 g/mol. The topological polar surface area (TPSA) is 77.8 Å². The maximum Gasteiger partial charge on any atom is 0.303 e. The number of nitrogens with zero attached hydrogens (tertiary/aromatic N) is 1. The molecule has 29 heavy (non-hydrogen) atoms. The fourth-order valence-electron chi connectivity index (χ4n) is 3.42. The minimum atomic E-state index is -0.755. The van der Waals surface area contributed by atoms with Gasteiger partial charge in [-0.3, -0.25) is 9.59 Å². The molecule has 0 radical (unpaired) electrons. The summed E-state index contributed by atoms with van der Waals surface area (Å²) in [6.07, 6.45) is 9.27. The standard InChI is InChI=1S/C24H31NO4/c26-22(13-8-7-12-20-10-4-3-5-11-20)17-15-21-16-18-23(27)25(21)19-9-2-1-6-14-24(28)29/h3-5,10-11,15,17,21-22,26H,1-2,6,8-9,13-14,16,18-19H2,(H,28,29)/t21-,22-/m0/s1. The Kier molecular flexibility index (Phi) is 10.0. The number of carboxylic acid groups (broad SMARTS) is 1. The van der Waals surface area contributed by atoms with Crippen LogP contribution in [0, 0.1) is 11.8 Å². The summed E-state index contributed by atoms with van der Waals surface area (Å²) in [6, 6.07) is 9.82. The first-order valence-corrected chi connectivity index (χ1v) is 10.5. The average Bonchev–Trinajstić information content (AvgIpc) is 3.06. The van der Waals surface area contributed by atoms with E-state index in [0.29, 0.717) is 32.2 Å². The molecule has 1 aliphatic heterocycles. The lowest BCUT2D eigenvalue weighted by Crippen LogP contribution is -2.32. The molecule has 156 valence electrons. The summed E-state index contributed by atoms with van der Waals surface area (Å²) in [5.41, 5.74) is 0.973.